The van der Waals surface area contributed by atoms with Gasteiger partial charge in [0.25, 0.3) is 5.89 Å². The van der Waals surface area contributed by atoms with E-state index in [1.165, 1.54) is 6.07 Å². The lowest BCUT2D eigenvalue weighted by Crippen LogP contribution is -2.16. The van der Waals surface area contributed by atoms with Crippen LogP contribution in [0.1, 0.15) is 18.4 Å². The second kappa shape index (κ2) is 5.73. The van der Waals surface area contributed by atoms with Crippen molar-refractivity contribution in [3.8, 4) is 11.5 Å². The van der Waals surface area contributed by atoms with Crippen LogP contribution < -0.4 is 5.32 Å². The van der Waals surface area contributed by atoms with Crippen molar-refractivity contribution in [3.05, 3.63) is 35.5 Å². The second-order valence-electron chi connectivity index (χ2n) is 4.09. The molecular formula is C13H16FN3O. The molecule has 0 amide bonds. The summed E-state index contributed by atoms with van der Waals surface area (Å²) in [6.07, 6.45) is 0.647. The Morgan fingerprint density at radius 3 is 2.94 bits per heavy atom. The van der Waals surface area contributed by atoms with E-state index in [-0.39, 0.29) is 11.7 Å². The smallest absolute Gasteiger partial charge is 0.250 e. The molecule has 0 spiro atoms. The first-order chi connectivity index (χ1) is 8.70. The molecule has 0 aliphatic heterocycles. The van der Waals surface area contributed by atoms with Gasteiger partial charge in [-0.05, 0) is 25.6 Å². The van der Waals surface area contributed by atoms with Crippen LogP contribution in [-0.4, -0.2) is 23.3 Å². The van der Waals surface area contributed by atoms with Gasteiger partial charge in [0, 0.05) is 13.0 Å². The fourth-order valence-corrected chi connectivity index (χ4v) is 1.64. The van der Waals surface area contributed by atoms with Crippen LogP contribution >= 0.6 is 0 Å². The number of benzene rings is 1. The highest BCUT2D eigenvalue weighted by Crippen LogP contribution is 2.22. The molecule has 0 unspecified atom stereocenters. The van der Waals surface area contributed by atoms with E-state index in [2.05, 4.69) is 15.5 Å². The van der Waals surface area contributed by atoms with Crippen LogP contribution in [0.5, 0.6) is 0 Å². The quantitative estimate of drug-likeness (QED) is 0.826. The molecule has 1 aromatic heterocycles. The van der Waals surface area contributed by atoms with Gasteiger partial charge in [-0.15, -0.1) is 10.2 Å². The van der Waals surface area contributed by atoms with Crippen LogP contribution in [0.15, 0.2) is 22.6 Å². The minimum atomic E-state index is -0.345. The first-order valence-corrected chi connectivity index (χ1v) is 6.00. The molecule has 0 atom stereocenters. The molecule has 1 heterocycles. The molecule has 1 N–H and O–H groups in total. The van der Waals surface area contributed by atoms with E-state index >= 15 is 0 Å². The minimum absolute atomic E-state index is 0.239. The number of rotatable bonds is 5. The van der Waals surface area contributed by atoms with Crippen LogP contribution in [-0.2, 0) is 6.42 Å². The maximum absolute atomic E-state index is 13.6. The van der Waals surface area contributed by atoms with E-state index in [0.29, 0.717) is 17.9 Å². The maximum atomic E-state index is 13.6. The highest BCUT2D eigenvalue weighted by Gasteiger charge is 2.12. The Kier molecular flexibility index (Phi) is 4.04. The molecule has 2 aromatic rings. The zero-order chi connectivity index (χ0) is 13.0. The van der Waals surface area contributed by atoms with Gasteiger partial charge in [0.2, 0.25) is 5.89 Å². The fraction of sp³-hybridized carbons (Fsp3) is 0.385. The number of likely N-dealkylation sites (N-methyl/N-ethyl adjacent to an activating group) is 1. The van der Waals surface area contributed by atoms with Gasteiger partial charge in [-0.2, -0.15) is 0 Å². The molecule has 96 valence electrons. The third-order valence-electron chi connectivity index (χ3n) is 2.58. The van der Waals surface area contributed by atoms with E-state index in [1.807, 2.05) is 13.8 Å². The summed E-state index contributed by atoms with van der Waals surface area (Å²) >= 11 is 0. The normalized spacial score (nSPS) is 10.8. The van der Waals surface area contributed by atoms with Crippen molar-refractivity contribution in [2.75, 3.05) is 13.1 Å². The summed E-state index contributed by atoms with van der Waals surface area (Å²) in [5.74, 6) is 0.414. The monoisotopic (exact) mass is 249 g/mol. The predicted octanol–water partition coefficient (Wildman–Crippen LogP) is 2.34. The van der Waals surface area contributed by atoms with Gasteiger partial charge in [0.15, 0.2) is 0 Å². The molecule has 0 aliphatic rings. The van der Waals surface area contributed by atoms with Crippen molar-refractivity contribution in [2.45, 2.75) is 20.3 Å². The first kappa shape index (κ1) is 12.7. The van der Waals surface area contributed by atoms with E-state index in [1.54, 1.807) is 12.1 Å². The van der Waals surface area contributed by atoms with Crippen LogP contribution in [0.4, 0.5) is 4.39 Å². The number of hydrogen-bond acceptors (Lipinski definition) is 4. The number of halogens is 1. The standard InChI is InChI=1S/C13H16FN3O/c1-3-15-7-6-12-16-17-13(18-12)10-8-9(2)4-5-11(10)14/h4-5,8,15H,3,6-7H2,1-2H3. The molecule has 0 fully saturated rings. The molecule has 4 nitrogen and oxygen atoms in total. The zero-order valence-corrected chi connectivity index (χ0v) is 10.5. The van der Waals surface area contributed by atoms with E-state index in [9.17, 15) is 4.39 Å². The van der Waals surface area contributed by atoms with E-state index in [0.717, 1.165) is 18.7 Å². The lowest BCUT2D eigenvalue weighted by atomic mass is 10.1. The Hall–Kier alpha value is -1.75. The van der Waals surface area contributed by atoms with Crippen LogP contribution in [0.2, 0.25) is 0 Å². The largest absolute Gasteiger partial charge is 0.421 e. The second-order valence-corrected chi connectivity index (χ2v) is 4.09. The predicted molar refractivity (Wildman–Crippen MR) is 66.7 cm³/mol. The molecule has 0 aliphatic carbocycles. The highest BCUT2D eigenvalue weighted by atomic mass is 19.1. The first-order valence-electron chi connectivity index (χ1n) is 6.00. The molecule has 5 heteroatoms. The topological polar surface area (TPSA) is 51.0 Å². The SMILES string of the molecule is CCNCCc1nnc(-c2cc(C)ccc2F)o1. The summed E-state index contributed by atoms with van der Waals surface area (Å²) in [7, 11) is 0. The van der Waals surface area contributed by atoms with Crippen LogP contribution in [0, 0.1) is 12.7 Å². The van der Waals surface area contributed by atoms with Crippen molar-refractivity contribution < 1.29 is 8.81 Å². The molecule has 2 rings (SSSR count). The van der Waals surface area contributed by atoms with E-state index in [4.69, 9.17) is 4.42 Å². The molecule has 0 radical (unpaired) electrons. The number of nitrogens with zero attached hydrogens (tertiary/aromatic N) is 2. The van der Waals surface area contributed by atoms with Gasteiger partial charge in [-0.1, -0.05) is 18.6 Å². The van der Waals surface area contributed by atoms with Crippen molar-refractivity contribution in [3.63, 3.8) is 0 Å². The number of aromatic nitrogens is 2. The summed E-state index contributed by atoms with van der Waals surface area (Å²) in [6, 6.07) is 4.82. The Morgan fingerprint density at radius 1 is 1.33 bits per heavy atom. The third kappa shape index (κ3) is 2.92. The van der Waals surface area contributed by atoms with Crippen LogP contribution in [0.3, 0.4) is 0 Å². The van der Waals surface area contributed by atoms with Crippen molar-refractivity contribution in [1.29, 1.82) is 0 Å². The fourth-order valence-electron chi connectivity index (χ4n) is 1.64. The lowest BCUT2D eigenvalue weighted by molar-refractivity contribution is 0.493. The Morgan fingerprint density at radius 2 is 2.17 bits per heavy atom. The Labute approximate surface area is 105 Å². The third-order valence-corrected chi connectivity index (χ3v) is 2.58. The molecule has 18 heavy (non-hydrogen) atoms. The van der Waals surface area contributed by atoms with E-state index < -0.39 is 0 Å². The summed E-state index contributed by atoms with van der Waals surface area (Å²) in [5.41, 5.74) is 1.32. The van der Waals surface area contributed by atoms with Gasteiger partial charge < -0.3 is 9.73 Å². The minimum Gasteiger partial charge on any atom is -0.421 e. The van der Waals surface area contributed by atoms with Gasteiger partial charge >= 0.3 is 0 Å². The molecule has 0 bridgehead atoms. The van der Waals surface area contributed by atoms with Crippen molar-refractivity contribution in [2.24, 2.45) is 0 Å². The van der Waals surface area contributed by atoms with Gasteiger partial charge in [-0.25, -0.2) is 4.39 Å². The van der Waals surface area contributed by atoms with Gasteiger partial charge in [0.1, 0.15) is 5.82 Å². The maximum Gasteiger partial charge on any atom is 0.250 e. The van der Waals surface area contributed by atoms with Gasteiger partial charge in [-0.3, -0.25) is 0 Å². The summed E-state index contributed by atoms with van der Waals surface area (Å²) in [5, 5.41) is 11.0. The molecular weight excluding hydrogens is 233 g/mol. The Bertz CT molecular complexity index is 525. The summed E-state index contributed by atoms with van der Waals surface area (Å²) in [6.45, 7) is 5.59. The zero-order valence-electron chi connectivity index (χ0n) is 10.5. The summed E-state index contributed by atoms with van der Waals surface area (Å²) in [4.78, 5) is 0. The molecule has 0 saturated carbocycles. The van der Waals surface area contributed by atoms with Crippen molar-refractivity contribution in [1.82, 2.24) is 15.5 Å². The number of hydrogen-bond donors (Lipinski definition) is 1. The Balaban J connectivity index is 2.16. The number of aryl methyl sites for hydroxylation is 1. The lowest BCUT2D eigenvalue weighted by Gasteiger charge is -1.99. The van der Waals surface area contributed by atoms with Crippen LogP contribution in [0.25, 0.3) is 11.5 Å². The van der Waals surface area contributed by atoms with Gasteiger partial charge in [0.05, 0.1) is 5.56 Å². The molecule has 1 aromatic carbocycles. The highest BCUT2D eigenvalue weighted by molar-refractivity contribution is 5.54. The summed E-state index contributed by atoms with van der Waals surface area (Å²) < 4.78 is 19.1. The average Bonchev–Trinajstić information content (AvgIpc) is 2.81. The average molecular weight is 249 g/mol. The molecule has 0 saturated heterocycles. The number of nitrogens with one attached hydrogen (secondary N) is 1. The van der Waals surface area contributed by atoms with Crippen molar-refractivity contribution >= 4 is 0 Å².